The van der Waals surface area contributed by atoms with E-state index in [-0.39, 0.29) is 23.9 Å². The van der Waals surface area contributed by atoms with Gasteiger partial charge in [0.25, 0.3) is 0 Å². The molecule has 1 unspecified atom stereocenters. The van der Waals surface area contributed by atoms with Gasteiger partial charge in [0.2, 0.25) is 5.91 Å². The summed E-state index contributed by atoms with van der Waals surface area (Å²) in [5, 5.41) is 2.26. The first-order valence-corrected chi connectivity index (χ1v) is 8.23. The van der Waals surface area contributed by atoms with E-state index in [0.717, 1.165) is 18.9 Å². The van der Waals surface area contributed by atoms with Gasteiger partial charge >= 0.3 is 12.2 Å². The van der Waals surface area contributed by atoms with Gasteiger partial charge in [0, 0.05) is 13.1 Å². The standard InChI is InChI=1S/C17H22F3N3O2/c18-17(19,20)14-6-2-1-5-13(14)8-7-12-4-3-9-23(11-12)15(24)10-22-16(21)25/h1-2,5-6,12H,3-4,7-11H2,(H3,21,22,25). The van der Waals surface area contributed by atoms with Crippen LogP contribution < -0.4 is 11.1 Å². The molecule has 0 aliphatic carbocycles. The third kappa shape index (κ3) is 5.65. The molecule has 2 rings (SSSR count). The molecule has 0 aromatic heterocycles. The van der Waals surface area contributed by atoms with Crippen LogP contribution in [-0.4, -0.2) is 36.5 Å². The summed E-state index contributed by atoms with van der Waals surface area (Å²) in [6.07, 6.45) is -1.78. The zero-order chi connectivity index (χ0) is 18.4. The highest BCUT2D eigenvalue weighted by Crippen LogP contribution is 2.33. The lowest BCUT2D eigenvalue weighted by molar-refractivity contribution is -0.138. The number of nitrogens with one attached hydrogen (secondary N) is 1. The zero-order valence-electron chi connectivity index (χ0n) is 13.8. The Kier molecular flexibility index (Phi) is 6.27. The Hall–Kier alpha value is -2.25. The fraction of sp³-hybridized carbons (Fsp3) is 0.529. The number of aryl methyl sites for hydroxylation is 1. The fourth-order valence-electron chi connectivity index (χ4n) is 3.18. The van der Waals surface area contributed by atoms with Gasteiger partial charge in [-0.3, -0.25) is 4.79 Å². The van der Waals surface area contributed by atoms with E-state index in [9.17, 15) is 22.8 Å². The summed E-state index contributed by atoms with van der Waals surface area (Å²) < 4.78 is 39.1. The molecule has 1 atom stereocenters. The Labute approximate surface area is 144 Å². The second-order valence-electron chi connectivity index (χ2n) is 6.26. The van der Waals surface area contributed by atoms with Gasteiger partial charge in [0.05, 0.1) is 12.1 Å². The SMILES string of the molecule is NC(=O)NCC(=O)N1CCCC(CCc2ccccc2C(F)(F)F)C1. The molecule has 1 aromatic rings. The molecule has 5 nitrogen and oxygen atoms in total. The van der Waals surface area contributed by atoms with Crippen molar-refractivity contribution in [3.8, 4) is 0 Å². The third-order valence-electron chi connectivity index (χ3n) is 4.43. The first kappa shape index (κ1) is 19.1. The number of piperidine rings is 1. The van der Waals surface area contributed by atoms with Gasteiger partial charge in [-0.2, -0.15) is 13.2 Å². The Morgan fingerprint density at radius 1 is 1.28 bits per heavy atom. The largest absolute Gasteiger partial charge is 0.416 e. The maximum absolute atomic E-state index is 13.0. The summed E-state index contributed by atoms with van der Waals surface area (Å²) in [5.74, 6) is -0.0771. The molecule has 1 aromatic carbocycles. The van der Waals surface area contributed by atoms with Crippen molar-refractivity contribution in [2.24, 2.45) is 11.7 Å². The van der Waals surface area contributed by atoms with Gasteiger partial charge in [0.1, 0.15) is 0 Å². The molecule has 1 aliphatic rings. The molecule has 1 aliphatic heterocycles. The van der Waals surface area contributed by atoms with E-state index in [4.69, 9.17) is 5.73 Å². The highest BCUT2D eigenvalue weighted by Gasteiger charge is 2.33. The molecular weight excluding hydrogens is 335 g/mol. The maximum atomic E-state index is 13.0. The monoisotopic (exact) mass is 357 g/mol. The van der Waals surface area contributed by atoms with Crippen molar-refractivity contribution in [1.29, 1.82) is 0 Å². The van der Waals surface area contributed by atoms with Crippen LogP contribution in [0.3, 0.4) is 0 Å². The van der Waals surface area contributed by atoms with E-state index in [2.05, 4.69) is 5.32 Å². The molecule has 0 spiro atoms. The van der Waals surface area contributed by atoms with E-state index < -0.39 is 17.8 Å². The molecule has 25 heavy (non-hydrogen) atoms. The summed E-state index contributed by atoms with van der Waals surface area (Å²) in [6.45, 7) is 0.932. The highest BCUT2D eigenvalue weighted by atomic mass is 19.4. The van der Waals surface area contributed by atoms with Crippen LogP contribution in [0.15, 0.2) is 24.3 Å². The van der Waals surface area contributed by atoms with Gasteiger partial charge < -0.3 is 16.0 Å². The quantitative estimate of drug-likeness (QED) is 0.850. The number of amides is 3. The molecule has 0 saturated carbocycles. The molecule has 0 bridgehead atoms. The number of likely N-dealkylation sites (tertiary alicyclic amines) is 1. The van der Waals surface area contributed by atoms with Crippen LogP contribution in [0.1, 0.15) is 30.4 Å². The van der Waals surface area contributed by atoms with Crippen LogP contribution in [0.25, 0.3) is 0 Å². The predicted molar refractivity (Wildman–Crippen MR) is 86.7 cm³/mol. The van der Waals surface area contributed by atoms with Gasteiger partial charge in [0.15, 0.2) is 0 Å². The molecule has 138 valence electrons. The number of carbonyl (C=O) groups is 2. The molecule has 8 heteroatoms. The Balaban J connectivity index is 1.91. The number of nitrogens with zero attached hydrogens (tertiary/aromatic N) is 1. The van der Waals surface area contributed by atoms with Gasteiger partial charge in [-0.25, -0.2) is 4.79 Å². The van der Waals surface area contributed by atoms with Crippen molar-refractivity contribution in [1.82, 2.24) is 10.2 Å². The second-order valence-corrected chi connectivity index (χ2v) is 6.26. The Bertz CT molecular complexity index is 619. The van der Waals surface area contributed by atoms with Crippen LogP contribution in [0.2, 0.25) is 0 Å². The number of hydrogen-bond donors (Lipinski definition) is 2. The number of primary amides is 1. The Morgan fingerprint density at radius 3 is 2.68 bits per heavy atom. The summed E-state index contributed by atoms with van der Waals surface area (Å²) in [6, 6.07) is 4.84. The lowest BCUT2D eigenvalue weighted by Crippen LogP contribution is -2.46. The van der Waals surface area contributed by atoms with E-state index in [1.54, 1.807) is 11.0 Å². The number of benzene rings is 1. The van der Waals surface area contributed by atoms with Crippen molar-refractivity contribution in [3.05, 3.63) is 35.4 Å². The van der Waals surface area contributed by atoms with E-state index in [0.29, 0.717) is 25.9 Å². The predicted octanol–water partition coefficient (Wildman–Crippen LogP) is 2.54. The van der Waals surface area contributed by atoms with Crippen LogP contribution in [0, 0.1) is 5.92 Å². The summed E-state index contributed by atoms with van der Waals surface area (Å²) in [7, 11) is 0. The van der Waals surface area contributed by atoms with Crippen LogP contribution in [-0.2, 0) is 17.4 Å². The first-order chi connectivity index (χ1) is 11.8. The average Bonchev–Trinajstić information content (AvgIpc) is 2.57. The minimum absolute atomic E-state index is 0.146. The Morgan fingerprint density at radius 2 is 2.00 bits per heavy atom. The maximum Gasteiger partial charge on any atom is 0.416 e. The lowest BCUT2D eigenvalue weighted by atomic mass is 9.90. The average molecular weight is 357 g/mol. The summed E-state index contributed by atoms with van der Waals surface area (Å²) >= 11 is 0. The van der Waals surface area contributed by atoms with Gasteiger partial charge in [-0.1, -0.05) is 18.2 Å². The third-order valence-corrected chi connectivity index (χ3v) is 4.43. The number of halogens is 3. The van der Waals surface area contributed by atoms with Crippen molar-refractivity contribution in [3.63, 3.8) is 0 Å². The zero-order valence-corrected chi connectivity index (χ0v) is 13.8. The van der Waals surface area contributed by atoms with Gasteiger partial charge in [-0.15, -0.1) is 0 Å². The summed E-state index contributed by atoms with van der Waals surface area (Å²) in [5.41, 5.74) is 4.64. The fourth-order valence-corrected chi connectivity index (χ4v) is 3.18. The first-order valence-electron chi connectivity index (χ1n) is 8.23. The van der Waals surface area contributed by atoms with E-state index in [1.807, 2.05) is 0 Å². The molecular formula is C17H22F3N3O2. The molecule has 1 heterocycles. The van der Waals surface area contributed by atoms with E-state index in [1.165, 1.54) is 12.1 Å². The van der Waals surface area contributed by atoms with Crippen molar-refractivity contribution < 1.29 is 22.8 Å². The van der Waals surface area contributed by atoms with Crippen molar-refractivity contribution >= 4 is 11.9 Å². The van der Waals surface area contributed by atoms with Crippen LogP contribution in [0.4, 0.5) is 18.0 Å². The number of rotatable bonds is 5. The smallest absolute Gasteiger partial charge is 0.352 e. The molecule has 3 amide bonds. The molecule has 1 fully saturated rings. The van der Waals surface area contributed by atoms with Crippen LogP contribution >= 0.6 is 0 Å². The van der Waals surface area contributed by atoms with Crippen LogP contribution in [0.5, 0.6) is 0 Å². The summed E-state index contributed by atoms with van der Waals surface area (Å²) in [4.78, 5) is 24.3. The lowest BCUT2D eigenvalue weighted by Gasteiger charge is -2.33. The number of urea groups is 1. The van der Waals surface area contributed by atoms with Crippen molar-refractivity contribution in [2.75, 3.05) is 19.6 Å². The minimum Gasteiger partial charge on any atom is -0.352 e. The minimum atomic E-state index is -4.36. The van der Waals surface area contributed by atoms with Gasteiger partial charge in [-0.05, 0) is 43.2 Å². The van der Waals surface area contributed by atoms with E-state index >= 15 is 0 Å². The number of hydrogen-bond acceptors (Lipinski definition) is 2. The normalized spacial score (nSPS) is 18.0. The number of alkyl halides is 3. The topological polar surface area (TPSA) is 75.4 Å². The molecule has 0 radical (unpaired) electrons. The number of nitrogens with two attached hydrogens (primary N) is 1. The second kappa shape index (κ2) is 8.22. The molecule has 1 saturated heterocycles. The number of carbonyl (C=O) groups excluding carboxylic acids is 2. The van der Waals surface area contributed by atoms with Crippen molar-refractivity contribution in [2.45, 2.75) is 31.9 Å². The molecule has 3 N–H and O–H groups in total. The highest BCUT2D eigenvalue weighted by molar-refractivity contribution is 5.83.